The van der Waals surface area contributed by atoms with E-state index >= 15 is 0 Å². The van der Waals surface area contributed by atoms with Crippen molar-refractivity contribution in [3.8, 4) is 0 Å². The van der Waals surface area contributed by atoms with E-state index in [0.717, 1.165) is 44.9 Å². The number of hydrogen-bond donors (Lipinski definition) is 1. The van der Waals surface area contributed by atoms with Crippen molar-refractivity contribution < 1.29 is 49.0 Å². The van der Waals surface area contributed by atoms with Gasteiger partial charge in [0.2, 0.25) is 0 Å². The van der Waals surface area contributed by atoms with Gasteiger partial charge in [0, 0.05) is 30.0 Å². The van der Waals surface area contributed by atoms with Crippen LogP contribution in [0.1, 0.15) is 91.4 Å². The first-order valence-electron chi connectivity index (χ1n) is 12.2. The summed E-state index contributed by atoms with van der Waals surface area (Å²) in [5.74, 6) is 2.23. The maximum absolute atomic E-state index is 12.9. The van der Waals surface area contributed by atoms with Crippen LogP contribution in [0, 0.1) is 52.8 Å². The van der Waals surface area contributed by atoms with Crippen molar-refractivity contribution in [2.24, 2.45) is 45.8 Å². The molecule has 0 aromatic heterocycles. The molecule has 5 heteroatoms. The van der Waals surface area contributed by atoms with Crippen LogP contribution >= 0.6 is 0 Å². The Balaban J connectivity index is 0.00000272. The third-order valence-electron chi connectivity index (χ3n) is 10.7. The maximum atomic E-state index is 12.9. The summed E-state index contributed by atoms with van der Waals surface area (Å²) in [4.78, 5) is 36.4. The first kappa shape index (κ1) is 25.3. The van der Waals surface area contributed by atoms with E-state index in [-0.39, 0.29) is 58.5 Å². The molecular weight excluding hydrogens is 399 g/mol. The minimum absolute atomic E-state index is 0. The molecule has 0 bridgehead atoms. The summed E-state index contributed by atoms with van der Waals surface area (Å²) >= 11 is 0. The molecule has 4 aliphatic rings. The van der Waals surface area contributed by atoms with E-state index in [1.54, 1.807) is 0 Å². The number of fused-ring (bicyclic) bond motifs is 5. The number of Topliss-reactive ketones (excluding diaryl/α,β-unsaturated/α-hetero) is 2. The van der Waals surface area contributed by atoms with Crippen LogP contribution in [0.4, 0.5) is 0 Å². The van der Waals surface area contributed by atoms with Gasteiger partial charge in [0.1, 0.15) is 5.78 Å². The molecule has 0 aromatic rings. The Morgan fingerprint density at radius 2 is 1.77 bits per heavy atom. The molecular formula is C26H39NaO4. The van der Waals surface area contributed by atoms with Gasteiger partial charge in [0.05, 0.1) is 0 Å². The van der Waals surface area contributed by atoms with Gasteiger partial charge in [0.15, 0.2) is 0 Å². The summed E-state index contributed by atoms with van der Waals surface area (Å²) in [6.45, 7) is 10.8. The smallest absolute Gasteiger partial charge is 0.481 e. The average Bonchev–Trinajstić information content (AvgIpc) is 2.96. The Kier molecular flexibility index (Phi) is 7.18. The molecule has 0 aromatic carbocycles. The predicted molar refractivity (Wildman–Crippen MR) is 116 cm³/mol. The van der Waals surface area contributed by atoms with E-state index in [4.69, 9.17) is 5.11 Å². The molecule has 8 atom stereocenters. The number of hydrogen-bond acceptors (Lipinski definition) is 3. The first-order chi connectivity index (χ1) is 14.0. The standard InChI is InChI=1S/C26H39O4.Na/c1-16-15-24(3)18(14-22(16)28)7-8-19-20(24)9-12-25(4)21(19)10-13-26(25,17(2)27)11-5-6-23(29)30;/h16,18-21H,2,5-15H2,1,3-4H3,(H,29,30);/q-1;+1/t16?,18-,19-,20+,21+,24+,25+,26-;/m1./s1. The second-order valence-corrected chi connectivity index (χ2v) is 11.7. The van der Waals surface area contributed by atoms with Crippen LogP contribution in [0.25, 0.3) is 0 Å². The van der Waals surface area contributed by atoms with E-state index in [0.29, 0.717) is 42.3 Å². The average molecular weight is 439 g/mol. The van der Waals surface area contributed by atoms with Gasteiger partial charge in [0.25, 0.3) is 0 Å². The number of carbonyl (C=O) groups excluding carboxylic acids is 2. The molecule has 1 N–H and O–H groups in total. The van der Waals surface area contributed by atoms with E-state index in [9.17, 15) is 14.4 Å². The van der Waals surface area contributed by atoms with Gasteiger partial charge >= 0.3 is 35.5 Å². The minimum atomic E-state index is -0.780. The maximum Gasteiger partial charge on any atom is 1.00 e. The number of rotatable bonds is 5. The number of carbonyl (C=O) groups is 3. The topological polar surface area (TPSA) is 71.4 Å². The Hall–Kier alpha value is -0.320. The molecule has 31 heavy (non-hydrogen) atoms. The summed E-state index contributed by atoms with van der Waals surface area (Å²) < 4.78 is 0. The minimum Gasteiger partial charge on any atom is -0.481 e. The number of aliphatic carboxylic acids is 1. The summed E-state index contributed by atoms with van der Waals surface area (Å²) in [5.41, 5.74) is -0.267. The molecule has 4 aliphatic carbocycles. The molecule has 0 heterocycles. The fourth-order valence-electron chi connectivity index (χ4n) is 9.09. The molecule has 0 radical (unpaired) electrons. The van der Waals surface area contributed by atoms with Gasteiger partial charge in [-0.3, -0.25) is 9.59 Å². The number of carboxylic acids is 1. The van der Waals surface area contributed by atoms with Crippen molar-refractivity contribution in [1.29, 1.82) is 0 Å². The molecule has 0 amide bonds. The Morgan fingerprint density at radius 1 is 1.10 bits per heavy atom. The van der Waals surface area contributed by atoms with Crippen LogP contribution in [0.2, 0.25) is 0 Å². The number of carboxylic acid groups (broad SMARTS) is 1. The Morgan fingerprint density at radius 3 is 2.42 bits per heavy atom. The molecule has 0 aliphatic heterocycles. The zero-order chi connectivity index (χ0) is 21.9. The van der Waals surface area contributed by atoms with Crippen LogP contribution in [0.3, 0.4) is 0 Å². The van der Waals surface area contributed by atoms with Crippen LogP contribution in [-0.2, 0) is 14.4 Å². The zero-order valence-corrected chi connectivity index (χ0v) is 22.0. The van der Waals surface area contributed by atoms with E-state index in [1.807, 2.05) is 0 Å². The van der Waals surface area contributed by atoms with Crippen molar-refractivity contribution >= 4 is 17.5 Å². The van der Waals surface area contributed by atoms with Gasteiger partial charge in [-0.1, -0.05) is 20.8 Å². The molecule has 4 saturated carbocycles. The second-order valence-electron chi connectivity index (χ2n) is 11.7. The molecule has 168 valence electrons. The normalized spacial score (nSPS) is 46.3. The van der Waals surface area contributed by atoms with E-state index in [1.165, 1.54) is 6.42 Å². The summed E-state index contributed by atoms with van der Waals surface area (Å²) in [7, 11) is 0. The predicted octanol–water partition coefficient (Wildman–Crippen LogP) is 2.49. The molecule has 4 fully saturated rings. The van der Waals surface area contributed by atoms with Gasteiger partial charge in [-0.05, 0) is 92.3 Å². The quantitative estimate of drug-likeness (QED) is 0.529. The SMILES string of the molecule is [CH2-]C(=O)[C@@]1(CCCC(=O)O)CC[C@H]2[C@@H]3CC[C@@H]4CC(=O)C(C)C[C@]4(C)[C@H]3CC[C@@]21C.[Na+]. The second kappa shape index (κ2) is 8.80. The summed E-state index contributed by atoms with van der Waals surface area (Å²) in [6.07, 6.45) is 9.60. The van der Waals surface area contributed by atoms with Crippen molar-refractivity contribution in [1.82, 2.24) is 0 Å². The zero-order valence-electron chi connectivity index (χ0n) is 20.0. The van der Waals surface area contributed by atoms with Crippen LogP contribution in [-0.4, -0.2) is 22.6 Å². The van der Waals surface area contributed by atoms with Gasteiger partial charge < -0.3 is 16.8 Å². The van der Waals surface area contributed by atoms with Crippen molar-refractivity contribution in [3.63, 3.8) is 0 Å². The van der Waals surface area contributed by atoms with Crippen LogP contribution in [0.15, 0.2) is 0 Å². The molecule has 4 rings (SSSR count). The van der Waals surface area contributed by atoms with Crippen molar-refractivity contribution in [2.75, 3.05) is 0 Å². The van der Waals surface area contributed by atoms with Gasteiger partial charge in [-0.25, -0.2) is 0 Å². The van der Waals surface area contributed by atoms with Crippen LogP contribution in [0.5, 0.6) is 0 Å². The monoisotopic (exact) mass is 438 g/mol. The van der Waals surface area contributed by atoms with Crippen molar-refractivity contribution in [2.45, 2.75) is 91.4 Å². The van der Waals surface area contributed by atoms with E-state index < -0.39 is 11.4 Å². The van der Waals surface area contributed by atoms with Crippen molar-refractivity contribution in [3.05, 3.63) is 6.92 Å². The first-order valence-corrected chi connectivity index (χ1v) is 12.2. The largest absolute Gasteiger partial charge is 1.00 e. The van der Waals surface area contributed by atoms with E-state index in [2.05, 4.69) is 27.7 Å². The molecule has 0 saturated heterocycles. The fourth-order valence-corrected chi connectivity index (χ4v) is 9.09. The van der Waals surface area contributed by atoms with Crippen LogP contribution < -0.4 is 29.6 Å². The third-order valence-corrected chi connectivity index (χ3v) is 10.7. The number of ketones is 2. The third kappa shape index (κ3) is 3.77. The van der Waals surface area contributed by atoms with Gasteiger partial charge in [-0.15, -0.1) is 0 Å². The molecule has 0 spiro atoms. The fraction of sp³-hybridized carbons (Fsp3) is 0.846. The van der Waals surface area contributed by atoms with Gasteiger partial charge in [-0.2, -0.15) is 0 Å². The molecule has 4 nitrogen and oxygen atoms in total. The molecule has 1 unspecified atom stereocenters. The summed E-state index contributed by atoms with van der Waals surface area (Å²) in [6, 6.07) is 0. The Labute approximate surface area is 210 Å². The Bertz CT molecular complexity index is 750. The summed E-state index contributed by atoms with van der Waals surface area (Å²) in [5, 5.41) is 9.11.